The van der Waals surface area contributed by atoms with Gasteiger partial charge in [-0.05, 0) is 31.6 Å². The maximum absolute atomic E-state index is 5.92. The summed E-state index contributed by atoms with van der Waals surface area (Å²) in [6, 6.07) is 0.0847. The second kappa shape index (κ2) is 3.97. The van der Waals surface area contributed by atoms with Crippen LogP contribution in [-0.2, 0) is 6.54 Å². The summed E-state index contributed by atoms with van der Waals surface area (Å²) in [6.45, 7) is 5.41. The van der Waals surface area contributed by atoms with Crippen LogP contribution in [0.1, 0.15) is 51.3 Å². The van der Waals surface area contributed by atoms with Gasteiger partial charge in [-0.15, -0.1) is 0 Å². The van der Waals surface area contributed by atoms with Crippen molar-refractivity contribution in [1.82, 2.24) is 9.55 Å². The van der Waals surface area contributed by atoms with Crippen molar-refractivity contribution in [2.75, 3.05) is 0 Å². The van der Waals surface area contributed by atoms with Gasteiger partial charge in [-0.2, -0.15) is 0 Å². The van der Waals surface area contributed by atoms with Gasteiger partial charge in [-0.1, -0.05) is 13.3 Å². The molecule has 1 heterocycles. The lowest BCUT2D eigenvalue weighted by atomic mass is 9.67. The van der Waals surface area contributed by atoms with Gasteiger partial charge in [-0.25, -0.2) is 4.98 Å². The van der Waals surface area contributed by atoms with E-state index in [0.29, 0.717) is 5.41 Å². The van der Waals surface area contributed by atoms with E-state index in [1.807, 2.05) is 19.4 Å². The molecule has 2 N–H and O–H groups in total. The largest absolute Gasteiger partial charge is 0.333 e. The molecule has 0 aromatic carbocycles. The van der Waals surface area contributed by atoms with Crippen LogP contribution in [0.25, 0.3) is 0 Å². The van der Waals surface area contributed by atoms with Crippen LogP contribution in [0.3, 0.4) is 0 Å². The van der Waals surface area contributed by atoms with E-state index in [-0.39, 0.29) is 6.04 Å². The predicted molar refractivity (Wildman–Crippen MR) is 61.4 cm³/mol. The third kappa shape index (κ3) is 1.93. The molecule has 2 rings (SSSR count). The molecule has 1 atom stereocenters. The van der Waals surface area contributed by atoms with Gasteiger partial charge in [0.05, 0.1) is 12.0 Å². The molecular weight excluding hydrogens is 186 g/mol. The van der Waals surface area contributed by atoms with Crippen molar-refractivity contribution in [3.8, 4) is 0 Å². The van der Waals surface area contributed by atoms with Crippen LogP contribution >= 0.6 is 0 Å². The molecule has 0 spiro atoms. The standard InChI is InChI=1S/C12H21N3/c1-3-12(5-4-6-12)8-15-9-14-7-11(15)10(2)13/h7,9-10H,3-6,8,13H2,1-2H3. The highest BCUT2D eigenvalue weighted by molar-refractivity contribution is 5.04. The fraction of sp³-hybridized carbons (Fsp3) is 0.750. The second-order valence-electron chi connectivity index (χ2n) is 4.94. The average Bonchev–Trinajstić information content (AvgIpc) is 2.59. The average molecular weight is 207 g/mol. The van der Waals surface area contributed by atoms with Gasteiger partial charge >= 0.3 is 0 Å². The first-order chi connectivity index (χ1) is 7.17. The summed E-state index contributed by atoms with van der Waals surface area (Å²) in [5.74, 6) is 0. The van der Waals surface area contributed by atoms with Crippen molar-refractivity contribution >= 4 is 0 Å². The van der Waals surface area contributed by atoms with Crippen LogP contribution in [0, 0.1) is 5.41 Å². The molecule has 1 unspecified atom stereocenters. The van der Waals surface area contributed by atoms with E-state index in [4.69, 9.17) is 5.73 Å². The first kappa shape index (κ1) is 10.7. The summed E-state index contributed by atoms with van der Waals surface area (Å²) in [5.41, 5.74) is 7.61. The Hall–Kier alpha value is -0.830. The van der Waals surface area contributed by atoms with E-state index in [0.717, 1.165) is 12.2 Å². The minimum atomic E-state index is 0.0847. The minimum absolute atomic E-state index is 0.0847. The van der Waals surface area contributed by atoms with Gasteiger partial charge in [0.1, 0.15) is 0 Å². The van der Waals surface area contributed by atoms with Gasteiger partial charge in [0.15, 0.2) is 0 Å². The molecule has 3 nitrogen and oxygen atoms in total. The zero-order chi connectivity index (χ0) is 10.9. The van der Waals surface area contributed by atoms with Gasteiger partial charge in [0, 0.05) is 18.8 Å². The highest BCUT2D eigenvalue weighted by Gasteiger charge is 2.35. The van der Waals surface area contributed by atoms with Crippen molar-refractivity contribution in [3.63, 3.8) is 0 Å². The molecule has 0 radical (unpaired) electrons. The Morgan fingerprint density at radius 2 is 2.33 bits per heavy atom. The van der Waals surface area contributed by atoms with E-state index < -0.39 is 0 Å². The number of hydrogen-bond acceptors (Lipinski definition) is 2. The van der Waals surface area contributed by atoms with Crippen LogP contribution in [0.15, 0.2) is 12.5 Å². The molecule has 0 bridgehead atoms. The van der Waals surface area contributed by atoms with Crippen molar-refractivity contribution in [1.29, 1.82) is 0 Å². The molecule has 1 fully saturated rings. The second-order valence-corrected chi connectivity index (χ2v) is 4.94. The highest BCUT2D eigenvalue weighted by atomic mass is 15.1. The lowest BCUT2D eigenvalue weighted by Crippen LogP contribution is -2.34. The zero-order valence-electron chi connectivity index (χ0n) is 9.74. The predicted octanol–water partition coefficient (Wildman–Crippen LogP) is 2.48. The maximum Gasteiger partial charge on any atom is 0.0948 e. The summed E-state index contributed by atoms with van der Waals surface area (Å²) < 4.78 is 2.24. The first-order valence-electron chi connectivity index (χ1n) is 5.92. The molecule has 1 aromatic rings. The number of aromatic nitrogens is 2. The van der Waals surface area contributed by atoms with E-state index in [1.54, 1.807) is 0 Å². The number of hydrogen-bond donors (Lipinski definition) is 1. The number of nitrogens with zero attached hydrogens (tertiary/aromatic N) is 2. The topological polar surface area (TPSA) is 43.8 Å². The molecule has 0 saturated heterocycles. The van der Waals surface area contributed by atoms with Crippen LogP contribution in [0.4, 0.5) is 0 Å². The maximum atomic E-state index is 5.92. The third-order valence-corrected chi connectivity index (χ3v) is 3.88. The normalized spacial score (nSPS) is 21.0. The van der Waals surface area contributed by atoms with Crippen molar-refractivity contribution in [2.45, 2.75) is 52.1 Å². The highest BCUT2D eigenvalue weighted by Crippen LogP contribution is 2.45. The Morgan fingerprint density at radius 1 is 1.60 bits per heavy atom. The lowest BCUT2D eigenvalue weighted by molar-refractivity contribution is 0.0988. The van der Waals surface area contributed by atoms with E-state index in [9.17, 15) is 0 Å². The molecule has 15 heavy (non-hydrogen) atoms. The molecule has 1 aliphatic carbocycles. The van der Waals surface area contributed by atoms with Crippen molar-refractivity contribution < 1.29 is 0 Å². The van der Waals surface area contributed by atoms with Crippen LogP contribution in [0.2, 0.25) is 0 Å². The van der Waals surface area contributed by atoms with E-state index >= 15 is 0 Å². The SMILES string of the molecule is CCC1(Cn2cncc2C(C)N)CCC1. The summed E-state index contributed by atoms with van der Waals surface area (Å²) in [7, 11) is 0. The molecular formula is C12H21N3. The number of rotatable bonds is 4. The summed E-state index contributed by atoms with van der Waals surface area (Å²) in [6.07, 6.45) is 9.20. The molecule has 3 heteroatoms. The fourth-order valence-corrected chi connectivity index (χ4v) is 2.50. The van der Waals surface area contributed by atoms with Gasteiger partial charge in [-0.3, -0.25) is 0 Å². The minimum Gasteiger partial charge on any atom is -0.333 e. The Labute approximate surface area is 91.7 Å². The van der Waals surface area contributed by atoms with E-state index in [2.05, 4.69) is 16.5 Å². The zero-order valence-corrected chi connectivity index (χ0v) is 9.74. The monoisotopic (exact) mass is 207 g/mol. The molecule has 1 saturated carbocycles. The molecule has 84 valence electrons. The lowest BCUT2D eigenvalue weighted by Gasteiger charge is -2.42. The summed E-state index contributed by atoms with van der Waals surface area (Å²) in [4.78, 5) is 4.20. The Balaban J connectivity index is 2.13. The third-order valence-electron chi connectivity index (χ3n) is 3.88. The Morgan fingerprint density at radius 3 is 2.80 bits per heavy atom. The van der Waals surface area contributed by atoms with E-state index in [1.165, 1.54) is 25.7 Å². The first-order valence-corrected chi connectivity index (χ1v) is 5.92. The van der Waals surface area contributed by atoms with Gasteiger partial charge < -0.3 is 10.3 Å². The van der Waals surface area contributed by atoms with Gasteiger partial charge in [0.25, 0.3) is 0 Å². The van der Waals surface area contributed by atoms with Gasteiger partial charge in [0.2, 0.25) is 0 Å². The number of imidazole rings is 1. The Kier molecular flexibility index (Phi) is 2.83. The van der Waals surface area contributed by atoms with Crippen LogP contribution in [0.5, 0.6) is 0 Å². The number of nitrogens with two attached hydrogens (primary N) is 1. The summed E-state index contributed by atoms with van der Waals surface area (Å²) >= 11 is 0. The van der Waals surface area contributed by atoms with Crippen molar-refractivity contribution in [2.24, 2.45) is 11.1 Å². The molecule has 1 aromatic heterocycles. The quantitative estimate of drug-likeness (QED) is 0.824. The van der Waals surface area contributed by atoms with Crippen LogP contribution in [-0.4, -0.2) is 9.55 Å². The fourth-order valence-electron chi connectivity index (χ4n) is 2.50. The molecule has 0 aliphatic heterocycles. The smallest absolute Gasteiger partial charge is 0.0948 e. The Bertz CT molecular complexity index is 318. The van der Waals surface area contributed by atoms with Crippen molar-refractivity contribution in [3.05, 3.63) is 18.2 Å². The molecule has 1 aliphatic rings. The summed E-state index contributed by atoms with van der Waals surface area (Å²) in [5, 5.41) is 0. The van der Waals surface area contributed by atoms with Crippen LogP contribution < -0.4 is 5.73 Å². The molecule has 0 amide bonds.